The summed E-state index contributed by atoms with van der Waals surface area (Å²) in [5.41, 5.74) is 0.441. The summed E-state index contributed by atoms with van der Waals surface area (Å²) in [5, 5.41) is 2.18. The summed E-state index contributed by atoms with van der Waals surface area (Å²) in [6.45, 7) is 1.88. The molecule has 2 aromatic carbocycles. The number of ether oxygens (including phenoxy) is 1. The van der Waals surface area contributed by atoms with Gasteiger partial charge in [-0.15, -0.1) is 0 Å². The van der Waals surface area contributed by atoms with Crippen LogP contribution in [0.3, 0.4) is 0 Å². The first-order valence-electron chi connectivity index (χ1n) is 9.19. The van der Waals surface area contributed by atoms with E-state index in [0.717, 1.165) is 17.7 Å². The number of nitrogens with zero attached hydrogens (tertiary/aromatic N) is 1. The van der Waals surface area contributed by atoms with Crippen LogP contribution >= 0.6 is 0 Å². The SMILES string of the molecule is CCCN(CC(=O)Nc1ccc(F)c(F)c1F)C(=O)CCc1cccc(OC)c1. The molecule has 8 heteroatoms. The van der Waals surface area contributed by atoms with Crippen molar-refractivity contribution < 1.29 is 27.5 Å². The monoisotopic (exact) mass is 408 g/mol. The number of amides is 2. The fraction of sp³-hybridized carbons (Fsp3) is 0.333. The summed E-state index contributed by atoms with van der Waals surface area (Å²) < 4.78 is 45.2. The Bertz CT molecular complexity index is 874. The van der Waals surface area contributed by atoms with E-state index < -0.39 is 29.0 Å². The quantitative estimate of drug-likeness (QED) is 0.640. The number of methoxy groups -OCH3 is 1. The van der Waals surface area contributed by atoms with Crippen molar-refractivity contribution >= 4 is 17.5 Å². The van der Waals surface area contributed by atoms with Gasteiger partial charge in [0.15, 0.2) is 17.5 Å². The number of carbonyl (C=O) groups excluding carboxylic acids is 2. The summed E-state index contributed by atoms with van der Waals surface area (Å²) >= 11 is 0. The van der Waals surface area contributed by atoms with Crippen LogP contribution in [0, 0.1) is 17.5 Å². The maximum atomic E-state index is 13.7. The number of nitrogens with one attached hydrogen (secondary N) is 1. The van der Waals surface area contributed by atoms with Crippen molar-refractivity contribution in [1.29, 1.82) is 0 Å². The third-order valence-electron chi connectivity index (χ3n) is 4.25. The lowest BCUT2D eigenvalue weighted by atomic mass is 10.1. The number of rotatable bonds is 9. The number of halogens is 3. The number of aryl methyl sites for hydroxylation is 1. The molecule has 0 aliphatic carbocycles. The van der Waals surface area contributed by atoms with Gasteiger partial charge >= 0.3 is 0 Å². The molecule has 29 heavy (non-hydrogen) atoms. The van der Waals surface area contributed by atoms with Crippen LogP contribution in [0.2, 0.25) is 0 Å². The minimum Gasteiger partial charge on any atom is -0.497 e. The first-order valence-corrected chi connectivity index (χ1v) is 9.19. The molecule has 156 valence electrons. The first-order chi connectivity index (χ1) is 13.8. The average molecular weight is 408 g/mol. The Morgan fingerprint density at radius 1 is 1.10 bits per heavy atom. The summed E-state index contributed by atoms with van der Waals surface area (Å²) in [6.07, 6.45) is 1.27. The largest absolute Gasteiger partial charge is 0.497 e. The molecule has 0 heterocycles. The van der Waals surface area contributed by atoms with E-state index in [1.807, 2.05) is 25.1 Å². The molecule has 0 radical (unpaired) electrons. The van der Waals surface area contributed by atoms with Gasteiger partial charge in [-0.1, -0.05) is 19.1 Å². The summed E-state index contributed by atoms with van der Waals surface area (Å²) in [6, 6.07) is 8.98. The van der Waals surface area contributed by atoms with E-state index >= 15 is 0 Å². The zero-order valence-corrected chi connectivity index (χ0v) is 16.3. The minimum absolute atomic E-state index is 0.181. The summed E-state index contributed by atoms with van der Waals surface area (Å²) in [4.78, 5) is 26.1. The number of hydrogen-bond donors (Lipinski definition) is 1. The minimum atomic E-state index is -1.66. The second kappa shape index (κ2) is 10.5. The Morgan fingerprint density at radius 2 is 1.86 bits per heavy atom. The van der Waals surface area contributed by atoms with Crippen molar-refractivity contribution in [3.05, 3.63) is 59.4 Å². The molecule has 2 rings (SSSR count). The third-order valence-corrected chi connectivity index (χ3v) is 4.25. The highest BCUT2D eigenvalue weighted by atomic mass is 19.2. The summed E-state index contributed by atoms with van der Waals surface area (Å²) in [7, 11) is 1.56. The Morgan fingerprint density at radius 3 is 2.55 bits per heavy atom. The lowest BCUT2D eigenvalue weighted by molar-refractivity contribution is -0.134. The van der Waals surface area contributed by atoms with Crippen LogP contribution in [0.1, 0.15) is 25.3 Å². The van der Waals surface area contributed by atoms with Crippen molar-refractivity contribution in [2.75, 3.05) is 25.5 Å². The van der Waals surface area contributed by atoms with E-state index in [9.17, 15) is 22.8 Å². The van der Waals surface area contributed by atoms with Crippen LogP contribution in [0.25, 0.3) is 0 Å². The van der Waals surface area contributed by atoms with E-state index in [1.54, 1.807) is 13.2 Å². The molecule has 5 nitrogen and oxygen atoms in total. The maximum Gasteiger partial charge on any atom is 0.244 e. The highest BCUT2D eigenvalue weighted by molar-refractivity contribution is 5.94. The van der Waals surface area contributed by atoms with Gasteiger partial charge in [-0.25, -0.2) is 13.2 Å². The molecular weight excluding hydrogens is 385 g/mol. The van der Waals surface area contributed by atoms with Crippen LogP contribution in [0.15, 0.2) is 36.4 Å². The van der Waals surface area contributed by atoms with E-state index in [4.69, 9.17) is 4.74 Å². The van der Waals surface area contributed by atoms with Crippen LogP contribution in [-0.4, -0.2) is 36.9 Å². The van der Waals surface area contributed by atoms with Crippen LogP contribution in [-0.2, 0) is 16.0 Å². The van der Waals surface area contributed by atoms with Crippen molar-refractivity contribution in [3.63, 3.8) is 0 Å². The summed E-state index contributed by atoms with van der Waals surface area (Å²) in [5.74, 6) is -4.74. The lowest BCUT2D eigenvalue weighted by Gasteiger charge is -2.22. The van der Waals surface area contributed by atoms with Crippen molar-refractivity contribution in [2.24, 2.45) is 0 Å². The molecule has 0 atom stereocenters. The van der Waals surface area contributed by atoms with Gasteiger partial charge in [0, 0.05) is 13.0 Å². The fourth-order valence-corrected chi connectivity index (χ4v) is 2.78. The van der Waals surface area contributed by atoms with Gasteiger partial charge in [-0.05, 0) is 42.7 Å². The lowest BCUT2D eigenvalue weighted by Crippen LogP contribution is -2.38. The molecule has 1 N–H and O–H groups in total. The van der Waals surface area contributed by atoms with E-state index in [1.165, 1.54) is 4.90 Å². The topological polar surface area (TPSA) is 58.6 Å². The standard InChI is InChI=1S/C21H23F3N2O3/c1-3-11-26(19(28)10-7-14-5-4-6-15(12-14)29-2)13-18(27)25-17-9-8-16(22)20(23)21(17)24/h4-6,8-9,12H,3,7,10-11,13H2,1-2H3,(H,25,27). The number of carbonyl (C=O) groups is 2. The molecule has 0 aromatic heterocycles. The van der Waals surface area contributed by atoms with Crippen molar-refractivity contribution in [2.45, 2.75) is 26.2 Å². The smallest absolute Gasteiger partial charge is 0.244 e. The highest BCUT2D eigenvalue weighted by Gasteiger charge is 2.19. The second-order valence-corrected chi connectivity index (χ2v) is 6.44. The second-order valence-electron chi connectivity index (χ2n) is 6.44. The molecule has 0 unspecified atom stereocenters. The zero-order valence-electron chi connectivity index (χ0n) is 16.3. The van der Waals surface area contributed by atoms with Crippen molar-refractivity contribution in [1.82, 2.24) is 4.90 Å². The molecule has 2 aromatic rings. The van der Waals surface area contributed by atoms with E-state index in [2.05, 4.69) is 5.32 Å². The molecule has 0 aliphatic heterocycles. The molecule has 0 saturated heterocycles. The molecule has 2 amide bonds. The van der Waals surface area contributed by atoms with Gasteiger partial charge < -0.3 is 15.0 Å². The van der Waals surface area contributed by atoms with Gasteiger partial charge in [0.05, 0.1) is 19.3 Å². The van der Waals surface area contributed by atoms with Crippen molar-refractivity contribution in [3.8, 4) is 5.75 Å². The Balaban J connectivity index is 1.98. The number of benzene rings is 2. The normalized spacial score (nSPS) is 10.5. The average Bonchev–Trinajstić information content (AvgIpc) is 2.72. The predicted molar refractivity (Wildman–Crippen MR) is 103 cm³/mol. The molecule has 0 bridgehead atoms. The predicted octanol–water partition coefficient (Wildman–Crippen LogP) is 3.92. The Labute approximate surface area is 167 Å². The van der Waals surface area contributed by atoms with Gasteiger partial charge in [0.2, 0.25) is 11.8 Å². The van der Waals surface area contributed by atoms with Gasteiger partial charge in [-0.3, -0.25) is 9.59 Å². The highest BCUT2D eigenvalue weighted by Crippen LogP contribution is 2.19. The fourth-order valence-electron chi connectivity index (χ4n) is 2.78. The molecule has 0 aliphatic rings. The number of anilines is 1. The first kappa shape index (κ1) is 22.3. The van der Waals surface area contributed by atoms with Crippen LogP contribution in [0.5, 0.6) is 5.75 Å². The van der Waals surface area contributed by atoms with Crippen LogP contribution < -0.4 is 10.1 Å². The van der Waals surface area contributed by atoms with E-state index in [-0.39, 0.29) is 18.9 Å². The van der Waals surface area contributed by atoms with Gasteiger partial charge in [0.1, 0.15) is 5.75 Å². The van der Waals surface area contributed by atoms with Gasteiger partial charge in [0.25, 0.3) is 0 Å². The number of hydrogen-bond acceptors (Lipinski definition) is 3. The third kappa shape index (κ3) is 6.23. The molecule has 0 fully saturated rings. The zero-order chi connectivity index (χ0) is 21.4. The van der Waals surface area contributed by atoms with E-state index in [0.29, 0.717) is 25.1 Å². The maximum absolute atomic E-state index is 13.7. The Kier molecular flexibility index (Phi) is 8.06. The Hall–Kier alpha value is -3.03. The molecule has 0 saturated carbocycles. The van der Waals surface area contributed by atoms with Crippen LogP contribution in [0.4, 0.5) is 18.9 Å². The molecular formula is C21H23F3N2O3. The van der Waals surface area contributed by atoms with Gasteiger partial charge in [-0.2, -0.15) is 0 Å². The molecule has 0 spiro atoms.